The number of thiazole rings is 1. The van der Waals surface area contributed by atoms with E-state index in [1.54, 1.807) is 18.4 Å². The number of allylic oxidation sites excluding steroid dienone is 1. The van der Waals surface area contributed by atoms with Crippen LogP contribution < -0.4 is 24.4 Å². The van der Waals surface area contributed by atoms with Gasteiger partial charge in [0.1, 0.15) is 23.3 Å². The van der Waals surface area contributed by atoms with Crippen LogP contribution in [-0.2, 0) is 9.53 Å². The lowest BCUT2D eigenvalue weighted by Gasteiger charge is -2.26. The van der Waals surface area contributed by atoms with E-state index in [-0.39, 0.29) is 18.3 Å². The van der Waals surface area contributed by atoms with Gasteiger partial charge in [-0.2, -0.15) is 0 Å². The zero-order valence-corrected chi connectivity index (χ0v) is 23.6. The first-order valence-corrected chi connectivity index (χ1v) is 14.0. The van der Waals surface area contributed by atoms with Gasteiger partial charge in [-0.25, -0.2) is 9.79 Å². The fraction of sp³-hybridized carbons (Fsp3) is 0.219. The van der Waals surface area contributed by atoms with Crippen LogP contribution in [0.15, 0.2) is 99.9 Å². The Morgan fingerprint density at radius 2 is 1.75 bits per heavy atom. The number of hydrogen-bond donors (Lipinski definition) is 0. The first kappa shape index (κ1) is 27.1. The highest BCUT2D eigenvalue weighted by Crippen LogP contribution is 2.36. The Morgan fingerprint density at radius 1 is 1.02 bits per heavy atom. The summed E-state index contributed by atoms with van der Waals surface area (Å²) in [6, 6.07) is 23.8. The van der Waals surface area contributed by atoms with Crippen molar-refractivity contribution in [1.29, 1.82) is 0 Å². The van der Waals surface area contributed by atoms with E-state index in [4.69, 9.17) is 14.2 Å². The summed E-state index contributed by atoms with van der Waals surface area (Å²) in [5.74, 6) is 1.47. The molecule has 4 aromatic rings. The van der Waals surface area contributed by atoms with Crippen molar-refractivity contribution in [1.82, 2.24) is 4.57 Å². The molecule has 0 unspecified atom stereocenters. The Balaban J connectivity index is 1.64. The van der Waals surface area contributed by atoms with Crippen LogP contribution in [0.2, 0.25) is 0 Å². The van der Waals surface area contributed by atoms with Crippen molar-refractivity contribution in [2.75, 3.05) is 6.61 Å². The Kier molecular flexibility index (Phi) is 7.98. The number of rotatable bonds is 8. The molecule has 204 valence electrons. The quantitative estimate of drug-likeness (QED) is 0.274. The maximum atomic E-state index is 14.0. The normalized spacial score (nSPS) is 15.0. The number of fused-ring (bicyclic) bond motifs is 1. The molecule has 2 heterocycles. The Morgan fingerprint density at radius 3 is 2.50 bits per heavy atom. The lowest BCUT2D eigenvalue weighted by atomic mass is 9.95. The lowest BCUT2D eigenvalue weighted by molar-refractivity contribution is -0.139. The third-order valence-electron chi connectivity index (χ3n) is 6.23. The van der Waals surface area contributed by atoms with Crippen LogP contribution in [-0.4, -0.2) is 23.2 Å². The fourth-order valence-electron chi connectivity index (χ4n) is 4.60. The molecule has 0 amide bonds. The topological polar surface area (TPSA) is 79.1 Å². The van der Waals surface area contributed by atoms with Gasteiger partial charge in [0, 0.05) is 5.56 Å². The predicted octanol–water partition coefficient (Wildman–Crippen LogP) is 5.38. The highest BCUT2D eigenvalue weighted by Gasteiger charge is 2.35. The summed E-state index contributed by atoms with van der Waals surface area (Å²) in [5, 5.41) is 0. The summed E-state index contributed by atoms with van der Waals surface area (Å²) < 4.78 is 19.5. The van der Waals surface area contributed by atoms with Gasteiger partial charge >= 0.3 is 5.97 Å². The number of carbonyl (C=O) groups is 1. The molecule has 1 atom stereocenters. The van der Waals surface area contributed by atoms with E-state index in [9.17, 15) is 9.59 Å². The van der Waals surface area contributed by atoms with Gasteiger partial charge in [0.2, 0.25) is 0 Å². The molecule has 0 N–H and O–H groups in total. The average molecular weight is 555 g/mol. The molecule has 7 nitrogen and oxygen atoms in total. The van der Waals surface area contributed by atoms with Crippen LogP contribution in [0.4, 0.5) is 0 Å². The van der Waals surface area contributed by atoms with Crippen LogP contribution in [0.3, 0.4) is 0 Å². The summed E-state index contributed by atoms with van der Waals surface area (Å²) in [5.41, 5.74) is 2.07. The number of ether oxygens (including phenoxy) is 3. The van der Waals surface area contributed by atoms with Crippen molar-refractivity contribution < 1.29 is 19.0 Å². The first-order chi connectivity index (χ1) is 19.4. The zero-order valence-electron chi connectivity index (χ0n) is 22.8. The van der Waals surface area contributed by atoms with Crippen LogP contribution in [0.25, 0.3) is 6.08 Å². The Bertz CT molecular complexity index is 1750. The maximum Gasteiger partial charge on any atom is 0.338 e. The molecule has 0 spiro atoms. The van der Waals surface area contributed by atoms with E-state index in [0.29, 0.717) is 37.7 Å². The molecular weight excluding hydrogens is 524 g/mol. The minimum atomic E-state index is -0.750. The minimum absolute atomic E-state index is 0.0986. The Labute approximate surface area is 236 Å². The van der Waals surface area contributed by atoms with Gasteiger partial charge in [-0.15, -0.1) is 0 Å². The molecule has 0 saturated carbocycles. The van der Waals surface area contributed by atoms with Crippen LogP contribution in [0.5, 0.6) is 17.2 Å². The van der Waals surface area contributed by atoms with Crippen LogP contribution >= 0.6 is 11.3 Å². The molecule has 8 heteroatoms. The third kappa shape index (κ3) is 5.62. The second-order valence-electron chi connectivity index (χ2n) is 9.49. The molecule has 0 bridgehead atoms. The summed E-state index contributed by atoms with van der Waals surface area (Å²) in [7, 11) is 0. The van der Waals surface area contributed by atoms with Crippen molar-refractivity contribution in [3.63, 3.8) is 0 Å². The van der Waals surface area contributed by atoms with Crippen molar-refractivity contribution in [3.8, 4) is 17.2 Å². The van der Waals surface area contributed by atoms with Crippen LogP contribution in [0.1, 0.15) is 44.9 Å². The lowest BCUT2D eigenvalue weighted by Crippen LogP contribution is -2.40. The Hall–Kier alpha value is -4.43. The van der Waals surface area contributed by atoms with Gasteiger partial charge in [-0.05, 0) is 69.7 Å². The second kappa shape index (κ2) is 11.8. The SMILES string of the molecule is CCOC(=O)C1=C(C)N=c2s/c(=C/c3cccc(Oc4ccccc4)c3)c(=O)n2[C@H]1c1ccccc1OC(C)C. The number of carbonyl (C=O) groups excluding carboxylic acids is 1. The van der Waals surface area contributed by atoms with Gasteiger partial charge in [0.15, 0.2) is 4.80 Å². The summed E-state index contributed by atoms with van der Waals surface area (Å²) in [6.45, 7) is 7.60. The summed E-state index contributed by atoms with van der Waals surface area (Å²) in [4.78, 5) is 32.4. The highest BCUT2D eigenvalue weighted by atomic mass is 32.1. The molecular formula is C32H30N2O5S. The molecule has 3 aromatic carbocycles. The van der Waals surface area contributed by atoms with Gasteiger partial charge in [-0.3, -0.25) is 9.36 Å². The van der Waals surface area contributed by atoms with E-state index in [1.165, 1.54) is 11.3 Å². The smallest absolute Gasteiger partial charge is 0.338 e. The first-order valence-electron chi connectivity index (χ1n) is 13.1. The highest BCUT2D eigenvalue weighted by molar-refractivity contribution is 7.07. The molecule has 1 aromatic heterocycles. The van der Waals surface area contributed by atoms with Gasteiger partial charge < -0.3 is 14.2 Å². The zero-order chi connectivity index (χ0) is 28.2. The van der Waals surface area contributed by atoms with Crippen molar-refractivity contribution in [3.05, 3.63) is 121 Å². The standard InChI is InChI=1S/C32H30N2O5S/c1-5-37-31(36)28-21(4)33-32-34(29(28)25-16-9-10-17-26(25)38-20(2)3)30(35)27(40-32)19-22-12-11-15-24(18-22)39-23-13-7-6-8-14-23/h6-20,29H,5H2,1-4H3/b27-19+/t29-/m0/s1. The molecule has 0 saturated heterocycles. The van der Waals surface area contributed by atoms with Gasteiger partial charge in [0.25, 0.3) is 5.56 Å². The summed E-state index contributed by atoms with van der Waals surface area (Å²) >= 11 is 1.28. The number of hydrogen-bond acceptors (Lipinski definition) is 7. The molecule has 5 rings (SSSR count). The molecule has 1 aliphatic heterocycles. The van der Waals surface area contributed by atoms with E-state index in [2.05, 4.69) is 4.99 Å². The number of esters is 1. The maximum absolute atomic E-state index is 14.0. The van der Waals surface area contributed by atoms with Gasteiger partial charge in [-0.1, -0.05) is 59.9 Å². The summed E-state index contributed by atoms with van der Waals surface area (Å²) in [6.07, 6.45) is 1.72. The number of para-hydroxylation sites is 2. The molecule has 40 heavy (non-hydrogen) atoms. The second-order valence-corrected chi connectivity index (χ2v) is 10.5. The van der Waals surface area contributed by atoms with Gasteiger partial charge in [0.05, 0.1) is 28.5 Å². The average Bonchev–Trinajstić information content (AvgIpc) is 3.23. The van der Waals surface area contributed by atoms with Crippen molar-refractivity contribution >= 4 is 23.4 Å². The van der Waals surface area contributed by atoms with E-state index < -0.39 is 12.0 Å². The fourth-order valence-corrected chi connectivity index (χ4v) is 5.64. The molecule has 1 aliphatic rings. The minimum Gasteiger partial charge on any atom is -0.491 e. The van der Waals surface area contributed by atoms with E-state index in [0.717, 1.165) is 11.3 Å². The monoisotopic (exact) mass is 554 g/mol. The number of nitrogens with zero attached hydrogens (tertiary/aromatic N) is 2. The number of aromatic nitrogens is 1. The molecule has 0 fully saturated rings. The molecule has 0 aliphatic carbocycles. The van der Waals surface area contributed by atoms with Crippen molar-refractivity contribution in [2.45, 2.75) is 39.8 Å². The van der Waals surface area contributed by atoms with Crippen molar-refractivity contribution in [2.24, 2.45) is 4.99 Å². The third-order valence-corrected chi connectivity index (χ3v) is 7.21. The van der Waals surface area contributed by atoms with Crippen LogP contribution in [0, 0.1) is 0 Å². The van der Waals surface area contributed by atoms with E-state index >= 15 is 0 Å². The van der Waals surface area contributed by atoms with E-state index in [1.807, 2.05) is 98.8 Å². The predicted molar refractivity (Wildman–Crippen MR) is 156 cm³/mol. The largest absolute Gasteiger partial charge is 0.491 e. The number of benzene rings is 3. The molecule has 0 radical (unpaired) electrons.